The summed E-state index contributed by atoms with van der Waals surface area (Å²) in [4.78, 5) is 0. The van der Waals surface area contributed by atoms with Gasteiger partial charge in [0.25, 0.3) is 0 Å². The Balaban J connectivity index is 2.03. The lowest BCUT2D eigenvalue weighted by molar-refractivity contribution is 0.922. The van der Waals surface area contributed by atoms with Gasteiger partial charge in [-0.2, -0.15) is 0 Å². The average molecular weight is 262 g/mol. The first-order valence-corrected chi connectivity index (χ1v) is 7.28. The summed E-state index contributed by atoms with van der Waals surface area (Å²) in [7, 11) is 0. The Morgan fingerprint density at radius 3 is 2.25 bits per heavy atom. The zero-order valence-corrected chi connectivity index (χ0v) is 12.3. The smallest absolute Gasteiger partial charge is 0.0254 e. The van der Waals surface area contributed by atoms with Gasteiger partial charge in [0.05, 0.1) is 0 Å². The number of allylic oxidation sites excluding steroid dienone is 2. The SMILES string of the molecule is CCCc1ccc(C=CC(C)=Cc2ccccc2)cc1. The highest BCUT2D eigenvalue weighted by atomic mass is 14.0. The normalized spacial score (nSPS) is 12.0. The Kier molecular flexibility index (Phi) is 5.37. The van der Waals surface area contributed by atoms with Crippen molar-refractivity contribution in [3.05, 3.63) is 82.9 Å². The van der Waals surface area contributed by atoms with E-state index in [1.165, 1.54) is 28.7 Å². The standard InChI is InChI=1S/C20H22/c1-3-7-18-12-14-19(15-13-18)11-10-17(2)16-20-8-5-4-6-9-20/h4-6,8-16H,3,7H2,1-2H3. The molecule has 0 fully saturated rings. The van der Waals surface area contributed by atoms with Crippen molar-refractivity contribution in [1.82, 2.24) is 0 Å². The van der Waals surface area contributed by atoms with Gasteiger partial charge in [-0.1, -0.05) is 91.7 Å². The minimum atomic E-state index is 1.16. The van der Waals surface area contributed by atoms with Crippen LogP contribution in [0.15, 0.2) is 66.2 Å². The van der Waals surface area contributed by atoms with E-state index in [1.807, 2.05) is 6.07 Å². The van der Waals surface area contributed by atoms with E-state index in [1.54, 1.807) is 0 Å². The molecule has 0 unspecified atom stereocenters. The summed E-state index contributed by atoms with van der Waals surface area (Å²) in [6.45, 7) is 4.35. The van der Waals surface area contributed by atoms with Crippen molar-refractivity contribution in [2.75, 3.05) is 0 Å². The van der Waals surface area contributed by atoms with E-state index in [0.717, 1.165) is 6.42 Å². The van der Waals surface area contributed by atoms with Crippen molar-refractivity contribution in [3.63, 3.8) is 0 Å². The molecule has 0 aromatic heterocycles. The molecule has 2 aromatic rings. The van der Waals surface area contributed by atoms with E-state index in [0.29, 0.717) is 0 Å². The Morgan fingerprint density at radius 2 is 1.60 bits per heavy atom. The topological polar surface area (TPSA) is 0 Å². The summed E-state index contributed by atoms with van der Waals surface area (Å²) < 4.78 is 0. The van der Waals surface area contributed by atoms with E-state index >= 15 is 0 Å². The van der Waals surface area contributed by atoms with E-state index in [4.69, 9.17) is 0 Å². The molecule has 0 heterocycles. The summed E-state index contributed by atoms with van der Waals surface area (Å²) >= 11 is 0. The summed E-state index contributed by atoms with van der Waals surface area (Å²) in [5.41, 5.74) is 5.17. The molecule has 0 aliphatic heterocycles. The second kappa shape index (κ2) is 7.49. The average Bonchev–Trinajstić information content (AvgIpc) is 2.48. The van der Waals surface area contributed by atoms with E-state index in [9.17, 15) is 0 Å². The maximum Gasteiger partial charge on any atom is -0.0254 e. The second-order valence-electron chi connectivity index (χ2n) is 5.12. The molecule has 0 nitrogen and oxygen atoms in total. The number of rotatable bonds is 5. The van der Waals surface area contributed by atoms with Crippen molar-refractivity contribution in [2.24, 2.45) is 0 Å². The van der Waals surface area contributed by atoms with Crippen LogP contribution < -0.4 is 0 Å². The zero-order valence-electron chi connectivity index (χ0n) is 12.3. The molecule has 0 aliphatic rings. The van der Waals surface area contributed by atoms with Gasteiger partial charge in [-0.15, -0.1) is 0 Å². The Morgan fingerprint density at radius 1 is 0.900 bits per heavy atom. The van der Waals surface area contributed by atoms with Crippen molar-refractivity contribution in [2.45, 2.75) is 26.7 Å². The van der Waals surface area contributed by atoms with Crippen LogP contribution in [-0.2, 0) is 6.42 Å². The summed E-state index contributed by atoms with van der Waals surface area (Å²) in [5.74, 6) is 0. The molecule has 2 aromatic carbocycles. The molecule has 0 saturated heterocycles. The lowest BCUT2D eigenvalue weighted by atomic mass is 10.1. The van der Waals surface area contributed by atoms with Crippen LogP contribution in [0, 0.1) is 0 Å². The zero-order chi connectivity index (χ0) is 14.2. The van der Waals surface area contributed by atoms with Gasteiger partial charge in [0.15, 0.2) is 0 Å². The molecule has 2 rings (SSSR count). The van der Waals surface area contributed by atoms with Crippen molar-refractivity contribution < 1.29 is 0 Å². The number of hydrogen-bond donors (Lipinski definition) is 0. The first kappa shape index (κ1) is 14.3. The molecule has 20 heavy (non-hydrogen) atoms. The number of aryl methyl sites for hydroxylation is 1. The molecule has 102 valence electrons. The molecule has 0 N–H and O–H groups in total. The maximum atomic E-state index is 2.22. The van der Waals surface area contributed by atoms with Gasteiger partial charge < -0.3 is 0 Å². The lowest BCUT2D eigenvalue weighted by Crippen LogP contribution is -1.82. The number of benzene rings is 2. The lowest BCUT2D eigenvalue weighted by Gasteiger charge is -1.99. The van der Waals surface area contributed by atoms with Crippen LogP contribution in [0.4, 0.5) is 0 Å². The first-order valence-electron chi connectivity index (χ1n) is 7.28. The highest BCUT2D eigenvalue weighted by Gasteiger charge is 1.91. The van der Waals surface area contributed by atoms with Gasteiger partial charge in [0.2, 0.25) is 0 Å². The second-order valence-corrected chi connectivity index (χ2v) is 5.12. The van der Waals surface area contributed by atoms with Crippen LogP contribution in [0.2, 0.25) is 0 Å². The van der Waals surface area contributed by atoms with Crippen molar-refractivity contribution >= 4 is 12.2 Å². The molecule has 0 saturated carbocycles. The predicted octanol–water partition coefficient (Wildman–Crippen LogP) is 5.76. The van der Waals surface area contributed by atoms with Gasteiger partial charge in [-0.25, -0.2) is 0 Å². The van der Waals surface area contributed by atoms with E-state index in [-0.39, 0.29) is 0 Å². The predicted molar refractivity (Wildman–Crippen MR) is 89.6 cm³/mol. The molecule has 0 amide bonds. The fourth-order valence-corrected chi connectivity index (χ4v) is 2.17. The molecule has 0 spiro atoms. The molecule has 0 heteroatoms. The van der Waals surface area contributed by atoms with Crippen LogP contribution in [0.5, 0.6) is 0 Å². The van der Waals surface area contributed by atoms with Crippen LogP contribution in [0.3, 0.4) is 0 Å². The minimum Gasteiger partial charge on any atom is -0.0651 e. The molecule has 0 bridgehead atoms. The largest absolute Gasteiger partial charge is 0.0651 e. The quantitative estimate of drug-likeness (QED) is 0.601. The summed E-state index contributed by atoms with van der Waals surface area (Å²) in [6.07, 6.45) is 8.90. The minimum absolute atomic E-state index is 1.16. The van der Waals surface area contributed by atoms with Crippen LogP contribution in [0.25, 0.3) is 12.2 Å². The fourth-order valence-electron chi connectivity index (χ4n) is 2.17. The summed E-state index contributed by atoms with van der Waals surface area (Å²) in [6, 6.07) is 19.2. The van der Waals surface area contributed by atoms with Gasteiger partial charge in [0.1, 0.15) is 0 Å². The molecule has 0 radical (unpaired) electrons. The Hall–Kier alpha value is -2.08. The van der Waals surface area contributed by atoms with E-state index < -0.39 is 0 Å². The first-order chi connectivity index (χ1) is 9.78. The Labute approximate surface area is 122 Å². The maximum absolute atomic E-state index is 2.22. The third-order valence-corrected chi connectivity index (χ3v) is 3.25. The monoisotopic (exact) mass is 262 g/mol. The van der Waals surface area contributed by atoms with Crippen LogP contribution in [0.1, 0.15) is 37.0 Å². The third kappa shape index (κ3) is 4.55. The van der Waals surface area contributed by atoms with Gasteiger partial charge >= 0.3 is 0 Å². The third-order valence-electron chi connectivity index (χ3n) is 3.25. The summed E-state index contributed by atoms with van der Waals surface area (Å²) in [5, 5.41) is 0. The van der Waals surface area contributed by atoms with E-state index in [2.05, 4.69) is 80.6 Å². The van der Waals surface area contributed by atoms with Crippen LogP contribution >= 0.6 is 0 Å². The fraction of sp³-hybridized carbons (Fsp3) is 0.200. The van der Waals surface area contributed by atoms with Gasteiger partial charge in [-0.3, -0.25) is 0 Å². The van der Waals surface area contributed by atoms with Crippen molar-refractivity contribution in [1.29, 1.82) is 0 Å². The molecular formula is C20H22. The Bertz CT molecular complexity index is 571. The highest BCUT2D eigenvalue weighted by molar-refractivity contribution is 5.60. The van der Waals surface area contributed by atoms with Gasteiger partial charge in [0, 0.05) is 0 Å². The number of hydrogen-bond acceptors (Lipinski definition) is 0. The molecule has 0 atom stereocenters. The van der Waals surface area contributed by atoms with Crippen LogP contribution in [-0.4, -0.2) is 0 Å². The highest BCUT2D eigenvalue weighted by Crippen LogP contribution is 2.11. The molecule has 0 aliphatic carbocycles. The van der Waals surface area contributed by atoms with Crippen molar-refractivity contribution in [3.8, 4) is 0 Å². The van der Waals surface area contributed by atoms with Gasteiger partial charge in [-0.05, 0) is 30.0 Å². The molecular weight excluding hydrogens is 240 g/mol.